The third-order valence-electron chi connectivity index (χ3n) is 5.58. The van der Waals surface area contributed by atoms with Crippen molar-refractivity contribution in [2.45, 2.75) is 19.2 Å². The second kappa shape index (κ2) is 9.22. The molecule has 0 saturated heterocycles. The van der Waals surface area contributed by atoms with Crippen LogP contribution in [0.4, 0.5) is 22.7 Å². The minimum Gasteiger partial charge on any atom is -0.403 e. The first kappa shape index (κ1) is 25.1. The maximum atomic E-state index is 14.1. The van der Waals surface area contributed by atoms with Gasteiger partial charge in [-0.2, -0.15) is 0 Å². The van der Waals surface area contributed by atoms with Gasteiger partial charge in [0.2, 0.25) is 5.91 Å². The average molecular weight is 522 g/mol. The highest BCUT2D eigenvalue weighted by molar-refractivity contribution is 7.14. The van der Waals surface area contributed by atoms with Gasteiger partial charge >= 0.3 is 12.1 Å². The van der Waals surface area contributed by atoms with Gasteiger partial charge in [0.15, 0.2) is 16.7 Å². The molecule has 2 heterocycles. The zero-order valence-corrected chi connectivity index (χ0v) is 19.8. The zero-order chi connectivity index (χ0) is 26.4. The van der Waals surface area contributed by atoms with Crippen LogP contribution in [0.1, 0.15) is 18.4 Å². The largest absolute Gasteiger partial charge is 0.573 e. The van der Waals surface area contributed by atoms with Crippen molar-refractivity contribution in [2.24, 2.45) is 14.1 Å². The van der Waals surface area contributed by atoms with Crippen LogP contribution < -0.4 is 21.3 Å². The Hall–Kier alpha value is -4.00. The van der Waals surface area contributed by atoms with E-state index in [1.807, 2.05) is 0 Å². The molecular weight excluding hydrogens is 504 g/mol. The van der Waals surface area contributed by atoms with Gasteiger partial charge in [0.1, 0.15) is 0 Å². The highest BCUT2D eigenvalue weighted by Gasteiger charge is 2.32. The summed E-state index contributed by atoms with van der Waals surface area (Å²) in [4.78, 5) is 42.2. The van der Waals surface area contributed by atoms with Gasteiger partial charge in [0, 0.05) is 25.0 Å². The lowest BCUT2D eigenvalue weighted by Crippen LogP contribution is -2.37. The SMILES string of the molecule is CC(C(=O)Nc1nc(-c2ccc(OC(F)(F)F)c(F)c2)cs1)c1cccc2c1c(=O)n(C)c(=O)n2C. The molecule has 13 heteroatoms. The van der Waals surface area contributed by atoms with E-state index in [-0.39, 0.29) is 21.8 Å². The number of nitrogens with zero attached hydrogens (tertiary/aromatic N) is 3. The molecule has 1 unspecified atom stereocenters. The van der Waals surface area contributed by atoms with Crippen LogP contribution in [-0.2, 0) is 18.9 Å². The number of rotatable bonds is 5. The number of benzene rings is 2. The molecule has 0 bridgehead atoms. The molecule has 8 nitrogen and oxygen atoms in total. The Bertz CT molecular complexity index is 1610. The second-order valence-corrected chi connectivity index (χ2v) is 8.75. The molecular formula is C23H18F4N4O4S. The van der Waals surface area contributed by atoms with Gasteiger partial charge < -0.3 is 10.1 Å². The van der Waals surface area contributed by atoms with E-state index in [0.29, 0.717) is 11.1 Å². The van der Waals surface area contributed by atoms with Gasteiger partial charge in [0.25, 0.3) is 5.56 Å². The number of hydrogen-bond donors (Lipinski definition) is 1. The molecule has 1 amide bonds. The number of ether oxygens (including phenoxy) is 1. The van der Waals surface area contributed by atoms with Gasteiger partial charge in [-0.3, -0.25) is 18.7 Å². The van der Waals surface area contributed by atoms with Crippen molar-refractivity contribution in [3.05, 3.63) is 74.0 Å². The molecule has 2 aromatic heterocycles. The maximum Gasteiger partial charge on any atom is 0.573 e. The standard InChI is InChI=1S/C23H18F4N4O4S/c1-11(13-5-4-6-16-18(13)20(33)31(3)22(34)30(16)2)19(32)29-21-28-15(10-36-21)12-7-8-17(14(24)9-12)35-23(25,26)27/h4-11H,1-3H3,(H,28,29,32). The first-order valence-corrected chi connectivity index (χ1v) is 11.3. The molecule has 4 rings (SSSR count). The van der Waals surface area contributed by atoms with Crippen LogP contribution in [0.25, 0.3) is 22.2 Å². The van der Waals surface area contributed by atoms with Crippen LogP contribution >= 0.6 is 11.3 Å². The Kier molecular flexibility index (Phi) is 6.43. The number of aryl methyl sites for hydroxylation is 1. The zero-order valence-electron chi connectivity index (χ0n) is 19.0. The summed E-state index contributed by atoms with van der Waals surface area (Å²) in [7, 11) is 2.88. The fraction of sp³-hybridized carbons (Fsp3) is 0.217. The number of thiazole rings is 1. The summed E-state index contributed by atoms with van der Waals surface area (Å²) in [6.07, 6.45) is -5.03. The van der Waals surface area contributed by atoms with Crippen molar-refractivity contribution < 1.29 is 27.1 Å². The van der Waals surface area contributed by atoms with Crippen molar-refractivity contribution in [3.63, 3.8) is 0 Å². The summed E-state index contributed by atoms with van der Waals surface area (Å²) >= 11 is 1.03. The Morgan fingerprint density at radius 3 is 2.53 bits per heavy atom. The third-order valence-corrected chi connectivity index (χ3v) is 6.33. The lowest BCUT2D eigenvalue weighted by atomic mass is 9.96. The molecule has 0 radical (unpaired) electrons. The van der Waals surface area contributed by atoms with E-state index in [1.54, 1.807) is 25.1 Å². The summed E-state index contributed by atoms with van der Waals surface area (Å²) < 4.78 is 57.0. The van der Waals surface area contributed by atoms with Crippen molar-refractivity contribution in [2.75, 3.05) is 5.32 Å². The van der Waals surface area contributed by atoms with E-state index in [9.17, 15) is 31.9 Å². The molecule has 0 aliphatic rings. The van der Waals surface area contributed by atoms with Crippen LogP contribution in [0.3, 0.4) is 0 Å². The maximum absolute atomic E-state index is 14.1. The van der Waals surface area contributed by atoms with Gasteiger partial charge in [-0.25, -0.2) is 14.2 Å². The monoisotopic (exact) mass is 522 g/mol. The first-order valence-electron chi connectivity index (χ1n) is 10.4. The fourth-order valence-corrected chi connectivity index (χ4v) is 4.42. The summed E-state index contributed by atoms with van der Waals surface area (Å²) in [5.74, 6) is -3.48. The van der Waals surface area contributed by atoms with E-state index in [4.69, 9.17) is 0 Å². The number of hydrogen-bond acceptors (Lipinski definition) is 6. The first-order chi connectivity index (χ1) is 16.9. The molecule has 1 N–H and O–H groups in total. The number of anilines is 1. The van der Waals surface area contributed by atoms with E-state index >= 15 is 0 Å². The van der Waals surface area contributed by atoms with Crippen molar-refractivity contribution in [1.82, 2.24) is 14.1 Å². The number of alkyl halides is 3. The van der Waals surface area contributed by atoms with Gasteiger partial charge in [-0.15, -0.1) is 24.5 Å². The molecule has 0 aliphatic heterocycles. The number of halogens is 4. The molecule has 1 atom stereocenters. The Morgan fingerprint density at radius 2 is 1.86 bits per heavy atom. The highest BCUT2D eigenvalue weighted by atomic mass is 32.1. The topological polar surface area (TPSA) is 95.2 Å². The second-order valence-electron chi connectivity index (χ2n) is 7.89. The van der Waals surface area contributed by atoms with Crippen LogP contribution in [0, 0.1) is 5.82 Å². The molecule has 0 aliphatic carbocycles. The molecule has 0 fully saturated rings. The van der Waals surface area contributed by atoms with Crippen molar-refractivity contribution >= 4 is 33.3 Å². The molecule has 2 aromatic carbocycles. The van der Waals surface area contributed by atoms with E-state index in [0.717, 1.165) is 28.0 Å². The van der Waals surface area contributed by atoms with Gasteiger partial charge in [-0.1, -0.05) is 12.1 Å². The van der Waals surface area contributed by atoms with Crippen LogP contribution in [-0.4, -0.2) is 26.4 Å². The van der Waals surface area contributed by atoms with Crippen molar-refractivity contribution in [3.8, 4) is 17.0 Å². The number of fused-ring (bicyclic) bond motifs is 1. The summed E-state index contributed by atoms with van der Waals surface area (Å²) in [5, 5.41) is 4.54. The Morgan fingerprint density at radius 1 is 1.14 bits per heavy atom. The molecule has 4 aromatic rings. The van der Waals surface area contributed by atoms with E-state index < -0.39 is 41.0 Å². The molecule has 36 heavy (non-hydrogen) atoms. The lowest BCUT2D eigenvalue weighted by Gasteiger charge is -2.15. The summed E-state index contributed by atoms with van der Waals surface area (Å²) in [6, 6.07) is 7.78. The van der Waals surface area contributed by atoms with Crippen LogP contribution in [0.2, 0.25) is 0 Å². The van der Waals surface area contributed by atoms with E-state index in [2.05, 4.69) is 15.0 Å². The van der Waals surface area contributed by atoms with Gasteiger partial charge in [0.05, 0.1) is 22.5 Å². The van der Waals surface area contributed by atoms with Gasteiger partial charge in [-0.05, 0) is 36.8 Å². The Labute approximate surface area is 204 Å². The lowest BCUT2D eigenvalue weighted by molar-refractivity contribution is -0.275. The number of carbonyl (C=O) groups is 1. The smallest absolute Gasteiger partial charge is 0.403 e. The summed E-state index contributed by atoms with van der Waals surface area (Å²) in [6.45, 7) is 1.60. The predicted octanol–water partition coefficient (Wildman–Crippen LogP) is 4.14. The molecule has 0 saturated carbocycles. The fourth-order valence-electron chi connectivity index (χ4n) is 3.70. The predicted molar refractivity (Wildman–Crippen MR) is 126 cm³/mol. The van der Waals surface area contributed by atoms with Crippen LogP contribution in [0.5, 0.6) is 5.75 Å². The van der Waals surface area contributed by atoms with Crippen molar-refractivity contribution in [1.29, 1.82) is 0 Å². The number of nitrogens with one attached hydrogen (secondary N) is 1. The molecule has 0 spiro atoms. The quantitative estimate of drug-likeness (QED) is 0.398. The minimum absolute atomic E-state index is 0.165. The van der Waals surface area contributed by atoms with E-state index in [1.165, 1.54) is 30.1 Å². The average Bonchev–Trinajstić information content (AvgIpc) is 3.29. The number of amides is 1. The minimum atomic E-state index is -5.03. The number of aromatic nitrogens is 3. The third kappa shape index (κ3) is 4.73. The summed E-state index contributed by atoms with van der Waals surface area (Å²) in [5.41, 5.74) is 0.197. The normalized spacial score (nSPS) is 12.5. The molecule has 188 valence electrons. The Balaban J connectivity index is 1.59. The van der Waals surface area contributed by atoms with Crippen LogP contribution in [0.15, 0.2) is 51.4 Å². The number of carbonyl (C=O) groups excluding carboxylic acids is 1. The highest BCUT2D eigenvalue weighted by Crippen LogP contribution is 2.32.